The number of anilines is 1. The molecule has 1 aromatic carbocycles. The highest BCUT2D eigenvalue weighted by Crippen LogP contribution is 2.47. The van der Waals surface area contributed by atoms with Crippen molar-refractivity contribution in [1.82, 2.24) is 20.5 Å². The number of benzene rings is 1. The lowest BCUT2D eigenvalue weighted by molar-refractivity contribution is 0.239. The van der Waals surface area contributed by atoms with Crippen molar-refractivity contribution in [2.75, 3.05) is 44.7 Å². The van der Waals surface area contributed by atoms with E-state index >= 15 is 0 Å². The van der Waals surface area contributed by atoms with Crippen molar-refractivity contribution in [3.05, 3.63) is 59.8 Å². The fraction of sp³-hybridized carbons (Fsp3) is 0.455. The van der Waals surface area contributed by atoms with E-state index in [2.05, 4.69) is 62.8 Å². The number of piperazine rings is 1. The zero-order chi connectivity index (χ0) is 19.4. The fourth-order valence-electron chi connectivity index (χ4n) is 3.75. The van der Waals surface area contributed by atoms with Gasteiger partial charge in [-0.2, -0.15) is 0 Å². The SMILES string of the molecule is CN1CCN(c2ccc(CNC(=O)NCC3(c4ccccc4)CC3)cn2)CC1. The molecule has 2 N–H and O–H groups in total. The Labute approximate surface area is 166 Å². The van der Waals surface area contributed by atoms with Gasteiger partial charge in [0.15, 0.2) is 0 Å². The van der Waals surface area contributed by atoms with Gasteiger partial charge in [-0.15, -0.1) is 0 Å². The van der Waals surface area contributed by atoms with Crippen molar-refractivity contribution in [2.24, 2.45) is 0 Å². The number of nitrogens with zero attached hydrogens (tertiary/aromatic N) is 3. The lowest BCUT2D eigenvalue weighted by atomic mass is 9.96. The van der Waals surface area contributed by atoms with Crippen LogP contribution in [0.5, 0.6) is 0 Å². The van der Waals surface area contributed by atoms with Crippen LogP contribution in [0.3, 0.4) is 0 Å². The molecule has 6 heteroatoms. The van der Waals surface area contributed by atoms with Crippen LogP contribution in [-0.2, 0) is 12.0 Å². The molecule has 1 aromatic heterocycles. The zero-order valence-corrected chi connectivity index (χ0v) is 16.5. The molecule has 2 aliphatic rings. The Morgan fingerprint density at radius 1 is 1.04 bits per heavy atom. The maximum absolute atomic E-state index is 12.2. The van der Waals surface area contributed by atoms with Gasteiger partial charge in [0, 0.05) is 50.9 Å². The van der Waals surface area contributed by atoms with Crippen LogP contribution in [0, 0.1) is 0 Å². The summed E-state index contributed by atoms with van der Waals surface area (Å²) in [4.78, 5) is 21.4. The Balaban J connectivity index is 1.23. The summed E-state index contributed by atoms with van der Waals surface area (Å²) >= 11 is 0. The minimum Gasteiger partial charge on any atom is -0.354 e. The number of hydrogen-bond donors (Lipinski definition) is 2. The summed E-state index contributed by atoms with van der Waals surface area (Å²) in [6, 6.07) is 14.4. The highest BCUT2D eigenvalue weighted by Gasteiger charge is 2.44. The van der Waals surface area contributed by atoms with Crippen LogP contribution in [0.15, 0.2) is 48.7 Å². The van der Waals surface area contributed by atoms with E-state index in [0.717, 1.165) is 50.4 Å². The van der Waals surface area contributed by atoms with Gasteiger partial charge in [0.25, 0.3) is 0 Å². The molecule has 1 aliphatic heterocycles. The molecule has 1 saturated heterocycles. The normalized spacial score (nSPS) is 18.5. The molecule has 2 aromatic rings. The van der Waals surface area contributed by atoms with Gasteiger partial charge in [0.2, 0.25) is 0 Å². The monoisotopic (exact) mass is 379 g/mol. The predicted octanol–water partition coefficient (Wildman–Crippen LogP) is 2.36. The number of urea groups is 1. The maximum Gasteiger partial charge on any atom is 0.315 e. The molecule has 0 unspecified atom stereocenters. The van der Waals surface area contributed by atoms with Crippen LogP contribution in [-0.4, -0.2) is 55.7 Å². The standard InChI is InChI=1S/C22H29N5O/c1-26-11-13-27(14-12-26)20-8-7-18(15-23-20)16-24-21(28)25-17-22(9-10-22)19-5-3-2-4-6-19/h2-8,15H,9-14,16-17H2,1H3,(H2,24,25,28). The van der Waals surface area contributed by atoms with Crippen LogP contribution in [0.2, 0.25) is 0 Å². The van der Waals surface area contributed by atoms with E-state index in [4.69, 9.17) is 0 Å². The van der Waals surface area contributed by atoms with Crippen LogP contribution in [0.25, 0.3) is 0 Å². The van der Waals surface area contributed by atoms with Gasteiger partial charge in [-0.1, -0.05) is 36.4 Å². The second kappa shape index (κ2) is 8.19. The van der Waals surface area contributed by atoms with Crippen molar-refractivity contribution in [2.45, 2.75) is 24.8 Å². The van der Waals surface area contributed by atoms with Crippen LogP contribution in [0.1, 0.15) is 24.0 Å². The molecule has 1 aliphatic carbocycles. The number of hydrogen-bond acceptors (Lipinski definition) is 4. The van der Waals surface area contributed by atoms with Gasteiger partial charge in [0.05, 0.1) is 0 Å². The third kappa shape index (κ3) is 4.44. The summed E-state index contributed by atoms with van der Waals surface area (Å²) in [6.07, 6.45) is 4.13. The Morgan fingerprint density at radius 2 is 1.79 bits per heavy atom. The lowest BCUT2D eigenvalue weighted by Crippen LogP contribution is -2.44. The fourth-order valence-corrected chi connectivity index (χ4v) is 3.75. The summed E-state index contributed by atoms with van der Waals surface area (Å²) in [6.45, 7) is 5.31. The number of likely N-dealkylation sites (N-methyl/N-ethyl adjacent to an activating group) is 1. The largest absolute Gasteiger partial charge is 0.354 e. The first-order chi connectivity index (χ1) is 13.6. The van der Waals surface area contributed by atoms with Gasteiger partial charge < -0.3 is 20.4 Å². The van der Waals surface area contributed by atoms with Gasteiger partial charge in [0.1, 0.15) is 5.82 Å². The van der Waals surface area contributed by atoms with Crippen molar-refractivity contribution in [3.8, 4) is 0 Å². The van der Waals surface area contributed by atoms with Crippen LogP contribution >= 0.6 is 0 Å². The van der Waals surface area contributed by atoms with Crippen molar-refractivity contribution in [1.29, 1.82) is 0 Å². The molecule has 0 bridgehead atoms. The molecule has 0 atom stereocenters. The minimum absolute atomic E-state index is 0.120. The summed E-state index contributed by atoms with van der Waals surface area (Å²) in [5.74, 6) is 1.01. The highest BCUT2D eigenvalue weighted by molar-refractivity contribution is 5.74. The predicted molar refractivity (Wildman–Crippen MR) is 112 cm³/mol. The minimum atomic E-state index is -0.120. The molecule has 28 heavy (non-hydrogen) atoms. The molecule has 2 heterocycles. The van der Waals surface area contributed by atoms with E-state index in [9.17, 15) is 4.79 Å². The van der Waals surface area contributed by atoms with E-state index < -0.39 is 0 Å². The first kappa shape index (κ1) is 18.7. The molecule has 1 saturated carbocycles. The summed E-state index contributed by atoms with van der Waals surface area (Å²) in [5, 5.41) is 5.98. The average Bonchev–Trinajstić information content (AvgIpc) is 3.54. The van der Waals surface area contributed by atoms with Crippen LogP contribution < -0.4 is 15.5 Å². The Kier molecular flexibility index (Phi) is 5.48. The molecule has 6 nitrogen and oxygen atoms in total. The summed E-state index contributed by atoms with van der Waals surface area (Å²) in [5.41, 5.74) is 2.46. The molecule has 0 radical (unpaired) electrons. The van der Waals surface area contributed by atoms with Crippen molar-refractivity contribution < 1.29 is 4.79 Å². The Morgan fingerprint density at radius 3 is 2.43 bits per heavy atom. The number of aromatic nitrogens is 1. The molecule has 4 rings (SSSR count). The lowest BCUT2D eigenvalue weighted by Gasteiger charge is -2.33. The molecule has 2 fully saturated rings. The highest BCUT2D eigenvalue weighted by atomic mass is 16.2. The molecule has 2 amide bonds. The van der Waals surface area contributed by atoms with Gasteiger partial charge >= 0.3 is 6.03 Å². The quantitative estimate of drug-likeness (QED) is 0.809. The Hall–Kier alpha value is -2.60. The van der Waals surface area contributed by atoms with Crippen LogP contribution in [0.4, 0.5) is 10.6 Å². The topological polar surface area (TPSA) is 60.5 Å². The number of nitrogens with one attached hydrogen (secondary N) is 2. The van der Waals surface area contributed by atoms with E-state index in [1.165, 1.54) is 5.56 Å². The van der Waals surface area contributed by atoms with E-state index in [1.54, 1.807) is 0 Å². The second-order valence-electron chi connectivity index (χ2n) is 8.00. The molecule has 0 spiro atoms. The third-order valence-corrected chi connectivity index (χ3v) is 5.92. The average molecular weight is 380 g/mol. The number of amides is 2. The van der Waals surface area contributed by atoms with Gasteiger partial charge in [-0.05, 0) is 37.1 Å². The number of carbonyl (C=O) groups excluding carboxylic acids is 1. The third-order valence-electron chi connectivity index (χ3n) is 5.92. The molecule has 148 valence electrons. The van der Waals surface area contributed by atoms with Gasteiger partial charge in [-0.3, -0.25) is 0 Å². The number of carbonyl (C=O) groups is 1. The van der Waals surface area contributed by atoms with Crippen molar-refractivity contribution in [3.63, 3.8) is 0 Å². The zero-order valence-electron chi connectivity index (χ0n) is 16.5. The van der Waals surface area contributed by atoms with E-state index in [-0.39, 0.29) is 11.4 Å². The number of pyridine rings is 1. The second-order valence-corrected chi connectivity index (χ2v) is 8.00. The molecular weight excluding hydrogens is 350 g/mol. The smallest absolute Gasteiger partial charge is 0.315 e. The summed E-state index contributed by atoms with van der Waals surface area (Å²) < 4.78 is 0. The maximum atomic E-state index is 12.2. The molecular formula is C22H29N5O. The first-order valence-electron chi connectivity index (χ1n) is 10.1. The Bertz CT molecular complexity index is 780. The number of rotatable bonds is 6. The van der Waals surface area contributed by atoms with E-state index in [0.29, 0.717) is 13.1 Å². The first-order valence-corrected chi connectivity index (χ1v) is 10.1. The van der Waals surface area contributed by atoms with Crippen molar-refractivity contribution >= 4 is 11.8 Å². The summed E-state index contributed by atoms with van der Waals surface area (Å²) in [7, 11) is 2.15. The van der Waals surface area contributed by atoms with E-state index in [1.807, 2.05) is 18.3 Å². The van der Waals surface area contributed by atoms with Gasteiger partial charge in [-0.25, -0.2) is 9.78 Å².